The molecule has 0 amide bonds. The summed E-state index contributed by atoms with van der Waals surface area (Å²) in [6.07, 6.45) is 0. The van der Waals surface area contributed by atoms with Crippen molar-refractivity contribution >= 4 is 43.9 Å². The Hall–Kier alpha value is -1.36. The van der Waals surface area contributed by atoms with Gasteiger partial charge in [0.05, 0.1) is 4.90 Å². The Bertz CT molecular complexity index is 770. The third kappa shape index (κ3) is 3.64. The van der Waals surface area contributed by atoms with Gasteiger partial charge in [0.1, 0.15) is 0 Å². The zero-order chi connectivity index (χ0) is 15.8. The summed E-state index contributed by atoms with van der Waals surface area (Å²) < 4.78 is 23.9. The first kappa shape index (κ1) is 16.0. The van der Waals surface area contributed by atoms with E-state index in [1.165, 1.54) is 29.2 Å². The molecule has 2 rings (SSSR count). The van der Waals surface area contributed by atoms with E-state index in [4.69, 9.17) is 10.9 Å². The third-order valence-electron chi connectivity index (χ3n) is 2.62. The first-order chi connectivity index (χ1) is 9.68. The van der Waals surface area contributed by atoms with Crippen molar-refractivity contribution in [1.29, 1.82) is 0 Å². The van der Waals surface area contributed by atoms with Gasteiger partial charge in [0.2, 0.25) is 15.2 Å². The molecule has 0 aliphatic heterocycles. The Balaban J connectivity index is 2.42. The summed E-state index contributed by atoms with van der Waals surface area (Å²) in [6.45, 7) is 1.69. The van der Waals surface area contributed by atoms with Crippen molar-refractivity contribution in [1.82, 2.24) is 10.2 Å². The van der Waals surface area contributed by atoms with E-state index in [-0.39, 0.29) is 4.90 Å². The first-order valence-corrected chi connectivity index (χ1v) is 8.98. The van der Waals surface area contributed by atoms with E-state index in [0.717, 1.165) is 5.13 Å². The molecule has 114 valence electrons. The standard InChI is InChI=1S/C11H15N5O2S3/c1-6-8(4-7(12)5-9(6)21(13,17)18)19-11-15-14-10(20-11)16(2)3/h4-5H,12H2,1-3H3,(H2,13,17,18). The Labute approximate surface area is 131 Å². The van der Waals surface area contributed by atoms with E-state index in [2.05, 4.69) is 10.2 Å². The molecule has 0 atom stereocenters. The SMILES string of the molecule is Cc1c(Sc2nnc(N(C)C)s2)cc(N)cc1S(N)(=O)=O. The molecule has 1 aromatic heterocycles. The van der Waals surface area contributed by atoms with Crippen LogP contribution in [0.3, 0.4) is 0 Å². The van der Waals surface area contributed by atoms with Crippen molar-refractivity contribution in [3.05, 3.63) is 17.7 Å². The number of hydrogen-bond acceptors (Lipinski definition) is 8. The number of nitrogens with zero attached hydrogens (tertiary/aromatic N) is 3. The number of primary sulfonamides is 1. The molecule has 0 spiro atoms. The number of rotatable bonds is 4. The number of anilines is 2. The van der Waals surface area contributed by atoms with E-state index in [1.807, 2.05) is 19.0 Å². The van der Waals surface area contributed by atoms with Gasteiger partial charge in [-0.25, -0.2) is 13.6 Å². The quantitative estimate of drug-likeness (QED) is 0.802. The lowest BCUT2D eigenvalue weighted by atomic mass is 10.2. The molecule has 1 aromatic carbocycles. The Morgan fingerprint density at radius 3 is 2.48 bits per heavy atom. The van der Waals surface area contributed by atoms with Crippen molar-refractivity contribution < 1.29 is 8.42 Å². The van der Waals surface area contributed by atoms with Gasteiger partial charge in [-0.3, -0.25) is 0 Å². The maximum absolute atomic E-state index is 11.6. The molecule has 1 heterocycles. The minimum Gasteiger partial charge on any atom is -0.399 e. The van der Waals surface area contributed by atoms with Crippen LogP contribution in [0.25, 0.3) is 0 Å². The number of aromatic nitrogens is 2. The van der Waals surface area contributed by atoms with Gasteiger partial charge in [-0.05, 0) is 24.6 Å². The van der Waals surface area contributed by atoms with Gasteiger partial charge in [-0.15, -0.1) is 10.2 Å². The Morgan fingerprint density at radius 2 is 1.95 bits per heavy atom. The third-order valence-corrected chi connectivity index (χ3v) is 5.94. The van der Waals surface area contributed by atoms with Gasteiger partial charge in [0.25, 0.3) is 0 Å². The van der Waals surface area contributed by atoms with Gasteiger partial charge in [0.15, 0.2) is 4.34 Å². The van der Waals surface area contributed by atoms with Crippen molar-refractivity contribution in [2.75, 3.05) is 24.7 Å². The molecule has 2 aromatic rings. The van der Waals surface area contributed by atoms with E-state index < -0.39 is 10.0 Å². The average molecular weight is 345 g/mol. The van der Waals surface area contributed by atoms with Crippen LogP contribution in [0.4, 0.5) is 10.8 Å². The summed E-state index contributed by atoms with van der Waals surface area (Å²) in [5, 5.41) is 14.1. The number of nitrogens with two attached hydrogens (primary N) is 2. The van der Waals surface area contributed by atoms with Gasteiger partial charge >= 0.3 is 0 Å². The molecular weight excluding hydrogens is 330 g/mol. The van der Waals surface area contributed by atoms with Crippen LogP contribution < -0.4 is 15.8 Å². The molecule has 0 saturated heterocycles. The molecule has 21 heavy (non-hydrogen) atoms. The van der Waals surface area contributed by atoms with Crippen molar-refractivity contribution in [3.8, 4) is 0 Å². The van der Waals surface area contributed by atoms with E-state index in [1.54, 1.807) is 13.0 Å². The Kier molecular flexibility index (Phi) is 4.42. The van der Waals surface area contributed by atoms with Crippen molar-refractivity contribution in [2.24, 2.45) is 5.14 Å². The number of hydrogen-bond donors (Lipinski definition) is 2. The normalized spacial score (nSPS) is 11.6. The molecule has 0 radical (unpaired) electrons. The smallest absolute Gasteiger partial charge is 0.238 e. The Morgan fingerprint density at radius 1 is 1.29 bits per heavy atom. The molecule has 0 bridgehead atoms. The fourth-order valence-electron chi connectivity index (χ4n) is 1.60. The molecule has 4 N–H and O–H groups in total. The fraction of sp³-hybridized carbons (Fsp3) is 0.273. The largest absolute Gasteiger partial charge is 0.399 e. The van der Waals surface area contributed by atoms with Crippen LogP contribution in [0.2, 0.25) is 0 Å². The predicted octanol–water partition coefficient (Wildman–Crippen LogP) is 1.29. The average Bonchev–Trinajstić information content (AvgIpc) is 2.80. The highest BCUT2D eigenvalue weighted by molar-refractivity contribution is 8.01. The lowest BCUT2D eigenvalue weighted by Gasteiger charge is -2.10. The molecule has 7 nitrogen and oxygen atoms in total. The highest BCUT2D eigenvalue weighted by Gasteiger charge is 2.17. The maximum Gasteiger partial charge on any atom is 0.238 e. The summed E-state index contributed by atoms with van der Waals surface area (Å²) in [7, 11) is -0.0636. The minimum atomic E-state index is -3.81. The van der Waals surface area contributed by atoms with Crippen LogP contribution in [0.15, 0.2) is 26.3 Å². The minimum absolute atomic E-state index is 0.0300. The van der Waals surface area contributed by atoms with Gasteiger partial charge in [0, 0.05) is 24.7 Å². The first-order valence-electron chi connectivity index (χ1n) is 5.80. The molecule has 0 saturated carbocycles. The van der Waals surface area contributed by atoms with E-state index >= 15 is 0 Å². The van der Waals surface area contributed by atoms with Gasteiger partial charge < -0.3 is 10.6 Å². The van der Waals surface area contributed by atoms with Crippen LogP contribution in [-0.4, -0.2) is 32.7 Å². The topological polar surface area (TPSA) is 115 Å². The van der Waals surface area contributed by atoms with Crippen LogP contribution in [0, 0.1) is 6.92 Å². The molecule has 0 unspecified atom stereocenters. The highest BCUT2D eigenvalue weighted by Crippen LogP contribution is 2.37. The van der Waals surface area contributed by atoms with E-state index in [0.29, 0.717) is 20.5 Å². The molecule has 0 aliphatic carbocycles. The lowest BCUT2D eigenvalue weighted by Crippen LogP contribution is -2.14. The number of sulfonamides is 1. The molecule has 0 aliphatic rings. The summed E-state index contributed by atoms with van der Waals surface area (Å²) in [6, 6.07) is 3.06. The van der Waals surface area contributed by atoms with Crippen molar-refractivity contribution in [3.63, 3.8) is 0 Å². The van der Waals surface area contributed by atoms with Gasteiger partial charge in [-0.1, -0.05) is 23.1 Å². The maximum atomic E-state index is 11.6. The predicted molar refractivity (Wildman–Crippen MR) is 85.3 cm³/mol. The molecule has 10 heteroatoms. The van der Waals surface area contributed by atoms with Crippen LogP contribution in [0.5, 0.6) is 0 Å². The fourth-order valence-corrected chi connectivity index (χ4v) is 4.39. The summed E-state index contributed by atoms with van der Waals surface area (Å²) in [4.78, 5) is 2.58. The summed E-state index contributed by atoms with van der Waals surface area (Å²) in [5.41, 5.74) is 6.65. The zero-order valence-corrected chi connectivity index (χ0v) is 14.1. The monoisotopic (exact) mass is 345 g/mol. The molecule has 0 fully saturated rings. The highest BCUT2D eigenvalue weighted by atomic mass is 32.2. The summed E-state index contributed by atoms with van der Waals surface area (Å²) in [5.74, 6) is 0. The van der Waals surface area contributed by atoms with E-state index in [9.17, 15) is 8.42 Å². The van der Waals surface area contributed by atoms with Crippen LogP contribution >= 0.6 is 23.1 Å². The number of nitrogen functional groups attached to an aromatic ring is 1. The second-order valence-electron chi connectivity index (χ2n) is 4.53. The lowest BCUT2D eigenvalue weighted by molar-refractivity contribution is 0.597. The van der Waals surface area contributed by atoms with Crippen LogP contribution in [-0.2, 0) is 10.0 Å². The second-order valence-corrected chi connectivity index (χ2v) is 8.31. The zero-order valence-electron chi connectivity index (χ0n) is 11.7. The van der Waals surface area contributed by atoms with Crippen LogP contribution in [0.1, 0.15) is 5.56 Å². The van der Waals surface area contributed by atoms with Crippen molar-refractivity contribution in [2.45, 2.75) is 21.1 Å². The molecular formula is C11H15N5O2S3. The summed E-state index contributed by atoms with van der Waals surface area (Å²) >= 11 is 2.72. The van der Waals surface area contributed by atoms with Gasteiger partial charge in [-0.2, -0.15) is 0 Å². The second kappa shape index (κ2) is 5.79. The number of benzene rings is 1.